The van der Waals surface area contributed by atoms with E-state index in [0.717, 1.165) is 22.3 Å². The van der Waals surface area contributed by atoms with Crippen LogP contribution < -0.4 is 0 Å². The van der Waals surface area contributed by atoms with E-state index in [2.05, 4.69) is 64.1 Å². The van der Waals surface area contributed by atoms with E-state index in [-0.39, 0.29) is 14.9 Å². The number of fused-ring (bicyclic) bond motifs is 2. The number of carboxylic acid groups (broad SMARTS) is 1. The van der Waals surface area contributed by atoms with Crippen molar-refractivity contribution in [2.45, 2.75) is 69.3 Å². The van der Waals surface area contributed by atoms with E-state index in [4.69, 9.17) is 0 Å². The van der Waals surface area contributed by atoms with Gasteiger partial charge in [0.2, 0.25) is 0 Å². The molecule has 1 fully saturated rings. The van der Waals surface area contributed by atoms with Gasteiger partial charge in [-0.05, 0) is 74.9 Å². The van der Waals surface area contributed by atoms with Crippen molar-refractivity contribution in [1.82, 2.24) is 0 Å². The molecule has 3 aromatic carbocycles. The van der Waals surface area contributed by atoms with Crippen molar-refractivity contribution in [3.63, 3.8) is 0 Å². The molecule has 5 rings (SSSR count). The smallest absolute Gasteiger partial charge is 0.335 e. The summed E-state index contributed by atoms with van der Waals surface area (Å²) in [6.07, 6.45) is 2.44. The Morgan fingerprint density at radius 3 is 1.91 bits per heavy atom. The van der Waals surface area contributed by atoms with Gasteiger partial charge >= 0.3 is 5.97 Å². The Morgan fingerprint density at radius 1 is 0.735 bits per heavy atom. The SMILES string of the molecule is CC.CC1(C)CCC(C)(C)c2cc(C3(c4ccc5cc(C(=O)O)ccc5c4)SCCS3)ccc21. The predicted octanol–water partition coefficient (Wildman–Crippen LogP) is 8.59. The Hall–Kier alpha value is -1.91. The molecule has 0 bridgehead atoms. The maximum atomic E-state index is 11.4. The average molecular weight is 493 g/mol. The quantitative estimate of drug-likeness (QED) is 0.397. The second-order valence-corrected chi connectivity index (χ2v) is 13.3. The van der Waals surface area contributed by atoms with E-state index >= 15 is 0 Å². The van der Waals surface area contributed by atoms with E-state index in [0.29, 0.717) is 5.56 Å². The fourth-order valence-corrected chi connectivity index (χ4v) is 8.54. The van der Waals surface area contributed by atoms with Crippen LogP contribution in [-0.4, -0.2) is 22.6 Å². The lowest BCUT2D eigenvalue weighted by Crippen LogP contribution is -2.34. The van der Waals surface area contributed by atoms with Crippen LogP contribution in [0.15, 0.2) is 54.6 Å². The topological polar surface area (TPSA) is 37.3 Å². The summed E-state index contributed by atoms with van der Waals surface area (Å²) in [4.78, 5) is 11.4. The molecule has 0 saturated carbocycles. The number of hydrogen-bond donors (Lipinski definition) is 1. The summed E-state index contributed by atoms with van der Waals surface area (Å²) in [5, 5.41) is 11.4. The monoisotopic (exact) mass is 492 g/mol. The third-order valence-electron chi connectivity index (χ3n) is 7.39. The number of hydrogen-bond acceptors (Lipinski definition) is 3. The van der Waals surface area contributed by atoms with E-state index in [1.54, 1.807) is 12.1 Å². The van der Waals surface area contributed by atoms with E-state index in [9.17, 15) is 9.90 Å². The molecular formula is C30H36O2S2. The van der Waals surface area contributed by atoms with Gasteiger partial charge in [0, 0.05) is 11.5 Å². The first-order valence-corrected chi connectivity index (χ1v) is 14.3. The molecule has 3 aromatic rings. The van der Waals surface area contributed by atoms with Crippen molar-refractivity contribution in [2.75, 3.05) is 11.5 Å². The van der Waals surface area contributed by atoms with Crippen LogP contribution in [0, 0.1) is 0 Å². The standard InChI is InChI=1S/C28H30O2S2.C2H6/c1-26(2)11-12-27(3,4)24-17-22(9-10-23(24)26)28(31-13-14-32-28)21-8-7-18-15-20(25(29)30)6-5-19(18)16-21;1-2/h5-10,15-17H,11-14H2,1-4H3,(H,29,30);1-2H3. The number of rotatable bonds is 3. The number of carboxylic acids is 1. The van der Waals surface area contributed by atoms with Crippen molar-refractivity contribution < 1.29 is 9.90 Å². The molecule has 1 aliphatic heterocycles. The lowest BCUT2D eigenvalue weighted by Gasteiger charge is -2.43. The molecular weight excluding hydrogens is 456 g/mol. The van der Waals surface area contributed by atoms with Crippen LogP contribution in [0.1, 0.15) is 87.0 Å². The highest BCUT2D eigenvalue weighted by atomic mass is 32.2. The molecule has 2 nitrogen and oxygen atoms in total. The molecule has 0 amide bonds. The van der Waals surface area contributed by atoms with Crippen molar-refractivity contribution >= 4 is 40.3 Å². The number of aromatic carboxylic acids is 1. The van der Waals surface area contributed by atoms with Crippen LogP contribution in [-0.2, 0) is 14.9 Å². The minimum atomic E-state index is -0.881. The highest BCUT2D eigenvalue weighted by Gasteiger charge is 2.42. The van der Waals surface area contributed by atoms with Crippen LogP contribution in [0.25, 0.3) is 10.8 Å². The predicted molar refractivity (Wildman–Crippen MR) is 150 cm³/mol. The largest absolute Gasteiger partial charge is 0.478 e. The first-order chi connectivity index (χ1) is 16.1. The van der Waals surface area contributed by atoms with Gasteiger partial charge in [0.05, 0.1) is 5.56 Å². The third kappa shape index (κ3) is 4.28. The number of carbonyl (C=O) groups is 1. The summed E-state index contributed by atoms with van der Waals surface area (Å²) in [5.41, 5.74) is 6.43. The Morgan fingerprint density at radius 2 is 1.26 bits per heavy atom. The summed E-state index contributed by atoms with van der Waals surface area (Å²) in [6, 6.07) is 19.2. The molecule has 0 atom stereocenters. The van der Waals surface area contributed by atoms with Gasteiger partial charge in [0.25, 0.3) is 0 Å². The van der Waals surface area contributed by atoms with Crippen LogP contribution in [0.5, 0.6) is 0 Å². The minimum Gasteiger partial charge on any atom is -0.478 e. The Labute approximate surface area is 212 Å². The third-order valence-corrected chi connectivity index (χ3v) is 10.9. The lowest BCUT2D eigenvalue weighted by molar-refractivity contribution is 0.0697. The van der Waals surface area contributed by atoms with E-state index in [1.807, 2.05) is 43.4 Å². The lowest BCUT2D eigenvalue weighted by atomic mass is 9.63. The van der Waals surface area contributed by atoms with Gasteiger partial charge in [-0.3, -0.25) is 0 Å². The Kier molecular flexibility index (Phi) is 6.87. The normalized spacial score (nSPS) is 19.7. The zero-order valence-electron chi connectivity index (χ0n) is 21.2. The second kappa shape index (κ2) is 9.28. The summed E-state index contributed by atoms with van der Waals surface area (Å²) in [6.45, 7) is 13.5. The first-order valence-electron chi connectivity index (χ1n) is 12.3. The van der Waals surface area contributed by atoms with Gasteiger partial charge in [-0.15, -0.1) is 23.5 Å². The van der Waals surface area contributed by atoms with Crippen molar-refractivity contribution in [1.29, 1.82) is 0 Å². The maximum Gasteiger partial charge on any atom is 0.335 e. The number of thioether (sulfide) groups is 2. The summed E-state index contributed by atoms with van der Waals surface area (Å²) >= 11 is 4.06. The molecule has 180 valence electrons. The zero-order valence-corrected chi connectivity index (χ0v) is 22.8. The van der Waals surface area contributed by atoms with Crippen LogP contribution in [0.4, 0.5) is 0 Å². The molecule has 0 aromatic heterocycles. The summed E-state index contributed by atoms with van der Waals surface area (Å²) in [7, 11) is 0. The molecule has 0 unspecified atom stereocenters. The Bertz CT molecular complexity index is 1220. The van der Waals surface area contributed by atoms with Crippen molar-refractivity contribution in [2.24, 2.45) is 0 Å². The van der Waals surface area contributed by atoms with Crippen LogP contribution in [0.3, 0.4) is 0 Å². The highest BCUT2D eigenvalue weighted by molar-refractivity contribution is 8.20. The van der Waals surface area contributed by atoms with Gasteiger partial charge in [-0.1, -0.05) is 77.9 Å². The molecule has 1 saturated heterocycles. The van der Waals surface area contributed by atoms with Gasteiger partial charge in [-0.2, -0.15) is 0 Å². The fraction of sp³-hybridized carbons (Fsp3) is 0.433. The van der Waals surface area contributed by atoms with Gasteiger partial charge in [0.1, 0.15) is 4.08 Å². The molecule has 2 aliphatic rings. The maximum absolute atomic E-state index is 11.4. The molecule has 1 N–H and O–H groups in total. The van der Waals surface area contributed by atoms with Crippen LogP contribution >= 0.6 is 23.5 Å². The molecule has 0 radical (unpaired) electrons. The van der Waals surface area contributed by atoms with Gasteiger partial charge in [-0.25, -0.2) is 4.79 Å². The number of benzene rings is 3. The molecule has 0 spiro atoms. The molecule has 4 heteroatoms. The van der Waals surface area contributed by atoms with Crippen LogP contribution in [0.2, 0.25) is 0 Å². The average Bonchev–Trinajstić information content (AvgIpc) is 3.34. The van der Waals surface area contributed by atoms with E-state index in [1.165, 1.54) is 35.1 Å². The van der Waals surface area contributed by atoms with Gasteiger partial charge < -0.3 is 5.11 Å². The Balaban J connectivity index is 0.00000133. The summed E-state index contributed by atoms with van der Waals surface area (Å²) in [5.74, 6) is 1.38. The first kappa shape index (κ1) is 25.2. The van der Waals surface area contributed by atoms with Crippen molar-refractivity contribution in [3.8, 4) is 0 Å². The minimum absolute atomic E-state index is 0.119. The van der Waals surface area contributed by atoms with E-state index < -0.39 is 5.97 Å². The fourth-order valence-electron chi connectivity index (χ4n) is 5.29. The molecule has 1 heterocycles. The second-order valence-electron chi connectivity index (χ2n) is 10.4. The van der Waals surface area contributed by atoms with Gasteiger partial charge in [0.15, 0.2) is 0 Å². The summed E-state index contributed by atoms with van der Waals surface area (Å²) < 4.78 is -0.119. The zero-order chi connectivity index (χ0) is 24.7. The molecule has 1 aliphatic carbocycles. The van der Waals surface area contributed by atoms with Crippen molar-refractivity contribution in [3.05, 3.63) is 82.4 Å². The molecule has 34 heavy (non-hydrogen) atoms. The highest BCUT2D eigenvalue weighted by Crippen LogP contribution is 2.58.